The van der Waals surface area contributed by atoms with Gasteiger partial charge in [0.2, 0.25) is 0 Å². The summed E-state index contributed by atoms with van der Waals surface area (Å²) in [6.45, 7) is 5.24. The zero-order chi connectivity index (χ0) is 12.0. The molecule has 3 N–H and O–H groups in total. The van der Waals surface area contributed by atoms with Crippen LogP contribution in [0.3, 0.4) is 0 Å². The van der Waals surface area contributed by atoms with Gasteiger partial charge in [-0.1, -0.05) is 26.7 Å². The number of carbonyl (C=O) groups is 1. The highest BCUT2D eigenvalue weighted by Crippen LogP contribution is 2.27. The van der Waals surface area contributed by atoms with Gasteiger partial charge in [-0.2, -0.15) is 0 Å². The normalized spacial score (nSPS) is 17.2. The van der Waals surface area contributed by atoms with Crippen LogP contribution >= 0.6 is 0 Å². The smallest absolute Gasteiger partial charge is 0.314 e. The zero-order valence-corrected chi connectivity index (χ0v) is 10.3. The fourth-order valence-electron chi connectivity index (χ4n) is 1.82. The molecule has 0 heterocycles. The highest BCUT2D eigenvalue weighted by atomic mass is 16.3. The van der Waals surface area contributed by atoms with Gasteiger partial charge in [0, 0.05) is 13.1 Å². The number of urea groups is 1. The highest BCUT2D eigenvalue weighted by molar-refractivity contribution is 5.73. The van der Waals surface area contributed by atoms with Crippen LogP contribution in [-0.2, 0) is 0 Å². The second-order valence-electron chi connectivity index (χ2n) is 4.68. The Balaban J connectivity index is 2.08. The van der Waals surface area contributed by atoms with Crippen LogP contribution in [0, 0.1) is 11.8 Å². The number of rotatable bonds is 7. The number of amides is 2. The second kappa shape index (κ2) is 6.74. The molecule has 4 nitrogen and oxygen atoms in total. The van der Waals surface area contributed by atoms with Gasteiger partial charge in [-0.15, -0.1) is 0 Å². The minimum atomic E-state index is -0.429. The maximum absolute atomic E-state index is 11.3. The van der Waals surface area contributed by atoms with Crippen molar-refractivity contribution in [1.82, 2.24) is 10.6 Å². The minimum Gasteiger partial charge on any atom is -0.391 e. The van der Waals surface area contributed by atoms with Crippen LogP contribution in [0.2, 0.25) is 0 Å². The van der Waals surface area contributed by atoms with E-state index in [2.05, 4.69) is 24.5 Å². The summed E-state index contributed by atoms with van der Waals surface area (Å²) >= 11 is 0. The second-order valence-corrected chi connectivity index (χ2v) is 4.68. The fraction of sp³-hybridized carbons (Fsp3) is 0.917. The van der Waals surface area contributed by atoms with Crippen molar-refractivity contribution >= 4 is 6.03 Å². The molecule has 0 aromatic rings. The van der Waals surface area contributed by atoms with Crippen molar-refractivity contribution in [2.24, 2.45) is 11.8 Å². The maximum Gasteiger partial charge on any atom is 0.314 e. The van der Waals surface area contributed by atoms with Crippen molar-refractivity contribution in [3.8, 4) is 0 Å². The van der Waals surface area contributed by atoms with Crippen LogP contribution in [-0.4, -0.2) is 30.3 Å². The van der Waals surface area contributed by atoms with Crippen molar-refractivity contribution in [3.63, 3.8) is 0 Å². The lowest BCUT2D eigenvalue weighted by Crippen LogP contribution is -2.42. The molecule has 16 heavy (non-hydrogen) atoms. The van der Waals surface area contributed by atoms with Crippen molar-refractivity contribution < 1.29 is 9.90 Å². The van der Waals surface area contributed by atoms with Gasteiger partial charge in [-0.05, 0) is 24.7 Å². The topological polar surface area (TPSA) is 61.4 Å². The lowest BCUT2D eigenvalue weighted by atomic mass is 9.97. The van der Waals surface area contributed by atoms with E-state index in [1.807, 2.05) is 0 Å². The number of carbonyl (C=O) groups excluding carboxylic acids is 1. The molecule has 1 aliphatic rings. The standard InChI is InChI=1S/C12H24N2O2/c1-3-10(4-2)11(15)8-14-12(16)13-7-9-5-6-9/h9-11,15H,3-8H2,1-2H3,(H2,13,14,16)/t11-/m1/s1. The molecule has 0 saturated heterocycles. The molecule has 0 bridgehead atoms. The third-order valence-corrected chi connectivity index (χ3v) is 3.31. The summed E-state index contributed by atoms with van der Waals surface area (Å²) in [7, 11) is 0. The van der Waals surface area contributed by atoms with E-state index in [0.717, 1.165) is 19.4 Å². The molecule has 1 atom stereocenters. The van der Waals surface area contributed by atoms with Gasteiger partial charge in [-0.3, -0.25) is 0 Å². The molecule has 1 aliphatic carbocycles. The van der Waals surface area contributed by atoms with Crippen molar-refractivity contribution in [3.05, 3.63) is 0 Å². The van der Waals surface area contributed by atoms with Crippen LogP contribution in [0.4, 0.5) is 4.79 Å². The summed E-state index contributed by atoms with van der Waals surface area (Å²) in [6, 6.07) is -0.156. The predicted molar refractivity (Wildman–Crippen MR) is 64.2 cm³/mol. The Morgan fingerprint density at radius 2 is 1.94 bits per heavy atom. The lowest BCUT2D eigenvalue weighted by Gasteiger charge is -2.20. The van der Waals surface area contributed by atoms with Gasteiger partial charge in [0.1, 0.15) is 0 Å². The Bertz CT molecular complexity index is 213. The molecular formula is C12H24N2O2. The SMILES string of the molecule is CCC(CC)[C@H](O)CNC(=O)NCC1CC1. The molecule has 0 aromatic heterocycles. The van der Waals surface area contributed by atoms with Crippen LogP contribution < -0.4 is 10.6 Å². The van der Waals surface area contributed by atoms with E-state index >= 15 is 0 Å². The maximum atomic E-state index is 11.3. The molecule has 94 valence electrons. The van der Waals surface area contributed by atoms with Gasteiger partial charge in [0.25, 0.3) is 0 Å². The average Bonchev–Trinajstić information content (AvgIpc) is 3.09. The predicted octanol–water partition coefficient (Wildman–Crippen LogP) is 1.49. The first-order valence-corrected chi connectivity index (χ1v) is 6.37. The highest BCUT2D eigenvalue weighted by Gasteiger charge is 2.22. The molecule has 4 heteroatoms. The summed E-state index contributed by atoms with van der Waals surface area (Å²) in [5, 5.41) is 15.3. The van der Waals surface area contributed by atoms with Gasteiger partial charge in [0.15, 0.2) is 0 Å². The van der Waals surface area contributed by atoms with E-state index < -0.39 is 6.10 Å². The molecule has 1 rings (SSSR count). The molecule has 0 spiro atoms. The Morgan fingerprint density at radius 1 is 1.31 bits per heavy atom. The molecule has 0 aliphatic heterocycles. The minimum absolute atomic E-state index is 0.156. The summed E-state index contributed by atoms with van der Waals surface area (Å²) in [5.74, 6) is 0.971. The molecule has 0 aromatic carbocycles. The van der Waals surface area contributed by atoms with Crippen molar-refractivity contribution in [2.45, 2.75) is 45.6 Å². The third kappa shape index (κ3) is 4.84. The van der Waals surface area contributed by atoms with E-state index in [4.69, 9.17) is 0 Å². The van der Waals surface area contributed by atoms with E-state index in [1.54, 1.807) is 0 Å². The molecule has 1 fully saturated rings. The first kappa shape index (κ1) is 13.3. The number of hydrogen-bond acceptors (Lipinski definition) is 2. The van der Waals surface area contributed by atoms with Crippen LogP contribution in [0.15, 0.2) is 0 Å². The molecule has 1 saturated carbocycles. The molecular weight excluding hydrogens is 204 g/mol. The van der Waals surface area contributed by atoms with Gasteiger partial charge in [-0.25, -0.2) is 4.79 Å². The molecule has 0 unspecified atom stereocenters. The molecule has 2 amide bonds. The summed E-state index contributed by atoms with van der Waals surface area (Å²) in [4.78, 5) is 11.3. The summed E-state index contributed by atoms with van der Waals surface area (Å²) in [6.07, 6.45) is 3.93. The van der Waals surface area contributed by atoms with E-state index in [1.165, 1.54) is 12.8 Å². The number of hydrogen-bond donors (Lipinski definition) is 3. The van der Waals surface area contributed by atoms with Gasteiger partial charge in [0.05, 0.1) is 6.10 Å². The number of aliphatic hydroxyl groups is 1. The number of nitrogens with one attached hydrogen (secondary N) is 2. The van der Waals surface area contributed by atoms with Crippen LogP contribution in [0.5, 0.6) is 0 Å². The van der Waals surface area contributed by atoms with E-state index in [0.29, 0.717) is 12.5 Å². The largest absolute Gasteiger partial charge is 0.391 e. The first-order chi connectivity index (χ1) is 7.67. The van der Waals surface area contributed by atoms with Crippen molar-refractivity contribution in [1.29, 1.82) is 0 Å². The number of aliphatic hydroxyl groups excluding tert-OH is 1. The zero-order valence-electron chi connectivity index (χ0n) is 10.3. The quantitative estimate of drug-likeness (QED) is 0.618. The average molecular weight is 228 g/mol. The lowest BCUT2D eigenvalue weighted by molar-refractivity contribution is 0.103. The first-order valence-electron chi connectivity index (χ1n) is 6.37. The van der Waals surface area contributed by atoms with Gasteiger partial charge >= 0.3 is 6.03 Å². The fourth-order valence-corrected chi connectivity index (χ4v) is 1.82. The Hall–Kier alpha value is -0.770. The molecule has 0 radical (unpaired) electrons. The summed E-state index contributed by atoms with van der Waals surface area (Å²) in [5.41, 5.74) is 0. The van der Waals surface area contributed by atoms with Crippen LogP contribution in [0.25, 0.3) is 0 Å². The Labute approximate surface area is 97.8 Å². The summed E-state index contributed by atoms with van der Waals surface area (Å²) < 4.78 is 0. The Kier molecular flexibility index (Phi) is 5.60. The van der Waals surface area contributed by atoms with E-state index in [9.17, 15) is 9.90 Å². The third-order valence-electron chi connectivity index (χ3n) is 3.31. The van der Waals surface area contributed by atoms with Crippen molar-refractivity contribution in [2.75, 3.05) is 13.1 Å². The van der Waals surface area contributed by atoms with E-state index in [-0.39, 0.29) is 11.9 Å². The monoisotopic (exact) mass is 228 g/mol. The Morgan fingerprint density at radius 3 is 2.44 bits per heavy atom. The van der Waals surface area contributed by atoms with Gasteiger partial charge < -0.3 is 15.7 Å². The van der Waals surface area contributed by atoms with Crippen LogP contribution in [0.1, 0.15) is 39.5 Å².